The molecule has 0 aliphatic carbocycles. The Balaban J connectivity index is 1.97. The van der Waals surface area contributed by atoms with Crippen molar-refractivity contribution in [3.05, 3.63) is 59.1 Å². The first-order valence-electron chi connectivity index (χ1n) is 6.91. The van der Waals surface area contributed by atoms with Crippen molar-refractivity contribution in [3.8, 4) is 5.75 Å². The van der Waals surface area contributed by atoms with Gasteiger partial charge in [-0.3, -0.25) is 4.79 Å². The van der Waals surface area contributed by atoms with E-state index < -0.39 is 6.10 Å². The molecule has 1 N–H and O–H groups in total. The van der Waals surface area contributed by atoms with Gasteiger partial charge in [0.1, 0.15) is 5.75 Å². The van der Waals surface area contributed by atoms with Gasteiger partial charge in [-0.05, 0) is 43.2 Å². The highest BCUT2D eigenvalue weighted by atomic mass is 35.5. The van der Waals surface area contributed by atoms with Crippen LogP contribution in [0.3, 0.4) is 0 Å². The van der Waals surface area contributed by atoms with Crippen LogP contribution < -0.4 is 10.1 Å². The van der Waals surface area contributed by atoms with Crippen LogP contribution in [0.2, 0.25) is 5.02 Å². The number of carbonyl (C=O) groups is 1. The molecular formula is C17H18ClNO2. The van der Waals surface area contributed by atoms with E-state index in [4.69, 9.17) is 16.3 Å². The Bertz CT molecular complexity index is 610. The summed E-state index contributed by atoms with van der Waals surface area (Å²) >= 11 is 6.01. The lowest BCUT2D eigenvalue weighted by atomic mass is 10.2. The molecule has 0 spiro atoms. The third-order valence-corrected chi connectivity index (χ3v) is 3.48. The highest BCUT2D eigenvalue weighted by Gasteiger charge is 2.15. The number of nitrogens with one attached hydrogen (secondary N) is 1. The molecule has 4 heteroatoms. The monoisotopic (exact) mass is 303 g/mol. The number of aryl methyl sites for hydroxylation is 1. The number of carbonyl (C=O) groups excluding carboxylic acids is 1. The largest absolute Gasteiger partial charge is 0.481 e. The lowest BCUT2D eigenvalue weighted by Gasteiger charge is -2.15. The normalized spacial score (nSPS) is 11.8. The molecule has 0 aliphatic rings. The minimum Gasteiger partial charge on any atom is -0.481 e. The number of hydrogen-bond donors (Lipinski definition) is 1. The molecule has 0 fully saturated rings. The highest BCUT2D eigenvalue weighted by molar-refractivity contribution is 6.33. The maximum absolute atomic E-state index is 12.1. The van der Waals surface area contributed by atoms with E-state index in [0.29, 0.717) is 16.5 Å². The van der Waals surface area contributed by atoms with E-state index >= 15 is 0 Å². The fraction of sp³-hybridized carbons (Fsp3) is 0.235. The topological polar surface area (TPSA) is 38.3 Å². The first kappa shape index (κ1) is 15.4. The van der Waals surface area contributed by atoms with Crippen molar-refractivity contribution in [1.82, 2.24) is 0 Å². The van der Waals surface area contributed by atoms with E-state index in [2.05, 4.69) is 12.2 Å². The number of benzene rings is 2. The lowest BCUT2D eigenvalue weighted by Crippen LogP contribution is -2.30. The highest BCUT2D eigenvalue weighted by Crippen LogP contribution is 2.21. The Morgan fingerprint density at radius 3 is 2.48 bits per heavy atom. The summed E-state index contributed by atoms with van der Waals surface area (Å²) in [7, 11) is 0. The van der Waals surface area contributed by atoms with Crippen LogP contribution in [0.5, 0.6) is 5.75 Å². The van der Waals surface area contributed by atoms with Crippen molar-refractivity contribution in [2.24, 2.45) is 0 Å². The Hall–Kier alpha value is -2.00. The first-order valence-corrected chi connectivity index (χ1v) is 7.29. The van der Waals surface area contributed by atoms with Crippen molar-refractivity contribution >= 4 is 23.2 Å². The number of para-hydroxylation sites is 1. The Morgan fingerprint density at radius 1 is 1.19 bits per heavy atom. The second kappa shape index (κ2) is 7.14. The summed E-state index contributed by atoms with van der Waals surface area (Å²) < 4.78 is 5.63. The average Bonchev–Trinajstić information content (AvgIpc) is 2.50. The summed E-state index contributed by atoms with van der Waals surface area (Å²) in [5.41, 5.74) is 1.82. The molecule has 0 heterocycles. The zero-order chi connectivity index (χ0) is 15.2. The molecule has 0 saturated carbocycles. The van der Waals surface area contributed by atoms with Crippen molar-refractivity contribution in [1.29, 1.82) is 0 Å². The number of anilines is 1. The van der Waals surface area contributed by atoms with E-state index in [-0.39, 0.29) is 5.91 Å². The molecule has 3 nitrogen and oxygen atoms in total. The van der Waals surface area contributed by atoms with E-state index in [9.17, 15) is 4.79 Å². The molecule has 21 heavy (non-hydrogen) atoms. The number of rotatable bonds is 5. The quantitative estimate of drug-likeness (QED) is 0.894. The van der Waals surface area contributed by atoms with E-state index in [1.165, 1.54) is 5.56 Å². The molecule has 0 aromatic heterocycles. The lowest BCUT2D eigenvalue weighted by molar-refractivity contribution is -0.122. The van der Waals surface area contributed by atoms with E-state index in [1.807, 2.05) is 36.4 Å². The van der Waals surface area contributed by atoms with E-state index in [0.717, 1.165) is 6.42 Å². The molecular weight excluding hydrogens is 286 g/mol. The Labute approximate surface area is 129 Å². The van der Waals surface area contributed by atoms with Gasteiger partial charge in [-0.1, -0.05) is 42.8 Å². The minimum atomic E-state index is -0.603. The summed E-state index contributed by atoms with van der Waals surface area (Å²) in [6.45, 7) is 3.80. The number of amides is 1. The number of hydrogen-bond acceptors (Lipinski definition) is 2. The minimum absolute atomic E-state index is 0.234. The van der Waals surface area contributed by atoms with Crippen LogP contribution in [0.1, 0.15) is 19.4 Å². The predicted octanol–water partition coefficient (Wildman–Crippen LogP) is 4.31. The molecule has 2 rings (SSSR count). The van der Waals surface area contributed by atoms with Crippen molar-refractivity contribution in [2.75, 3.05) is 5.32 Å². The molecule has 1 amide bonds. The molecule has 0 saturated heterocycles. The first-order chi connectivity index (χ1) is 10.1. The van der Waals surface area contributed by atoms with Gasteiger partial charge < -0.3 is 10.1 Å². The molecule has 1 unspecified atom stereocenters. The van der Waals surface area contributed by atoms with Crippen LogP contribution in [0.25, 0.3) is 0 Å². The third-order valence-electron chi connectivity index (χ3n) is 3.15. The summed E-state index contributed by atoms with van der Waals surface area (Å²) in [5.74, 6) is 0.441. The number of halogens is 1. The number of ether oxygens (including phenoxy) is 1. The molecule has 110 valence electrons. The summed E-state index contributed by atoms with van der Waals surface area (Å²) in [6, 6.07) is 14.8. The van der Waals surface area contributed by atoms with Crippen LogP contribution in [0.4, 0.5) is 5.69 Å². The summed E-state index contributed by atoms with van der Waals surface area (Å²) in [4.78, 5) is 12.1. The van der Waals surface area contributed by atoms with Crippen molar-refractivity contribution in [3.63, 3.8) is 0 Å². The van der Waals surface area contributed by atoms with Crippen LogP contribution >= 0.6 is 11.6 Å². The molecule has 0 aliphatic heterocycles. The van der Waals surface area contributed by atoms with Gasteiger partial charge in [0.15, 0.2) is 6.10 Å². The molecule has 2 aromatic rings. The van der Waals surface area contributed by atoms with Gasteiger partial charge in [0, 0.05) is 0 Å². The fourth-order valence-corrected chi connectivity index (χ4v) is 2.04. The molecule has 0 bridgehead atoms. The van der Waals surface area contributed by atoms with Crippen molar-refractivity contribution < 1.29 is 9.53 Å². The van der Waals surface area contributed by atoms with Gasteiger partial charge in [-0.25, -0.2) is 0 Å². The smallest absolute Gasteiger partial charge is 0.265 e. The second-order valence-corrected chi connectivity index (χ2v) is 5.13. The van der Waals surface area contributed by atoms with E-state index in [1.54, 1.807) is 19.1 Å². The summed E-state index contributed by atoms with van der Waals surface area (Å²) in [6.07, 6.45) is 0.372. The predicted molar refractivity (Wildman–Crippen MR) is 86.0 cm³/mol. The van der Waals surface area contributed by atoms with Gasteiger partial charge in [0.2, 0.25) is 0 Å². The SMILES string of the molecule is CCc1ccc(OC(C)C(=O)Nc2ccccc2Cl)cc1. The molecule has 0 radical (unpaired) electrons. The zero-order valence-corrected chi connectivity index (χ0v) is 12.9. The van der Waals surface area contributed by atoms with Gasteiger partial charge >= 0.3 is 0 Å². The van der Waals surface area contributed by atoms with Crippen LogP contribution in [-0.2, 0) is 11.2 Å². The summed E-state index contributed by atoms with van der Waals surface area (Å²) in [5, 5.41) is 3.26. The average molecular weight is 304 g/mol. The van der Waals surface area contributed by atoms with Gasteiger partial charge in [-0.2, -0.15) is 0 Å². The van der Waals surface area contributed by atoms with Crippen LogP contribution in [0, 0.1) is 0 Å². The molecule has 1 atom stereocenters. The van der Waals surface area contributed by atoms with Crippen LogP contribution in [-0.4, -0.2) is 12.0 Å². The maximum atomic E-state index is 12.1. The maximum Gasteiger partial charge on any atom is 0.265 e. The van der Waals surface area contributed by atoms with Crippen molar-refractivity contribution in [2.45, 2.75) is 26.4 Å². The Morgan fingerprint density at radius 2 is 1.86 bits per heavy atom. The standard InChI is InChI=1S/C17H18ClNO2/c1-3-13-8-10-14(11-9-13)21-12(2)17(20)19-16-7-5-4-6-15(16)18/h4-12H,3H2,1-2H3,(H,19,20). The van der Waals surface area contributed by atoms with Crippen LogP contribution in [0.15, 0.2) is 48.5 Å². The fourth-order valence-electron chi connectivity index (χ4n) is 1.86. The third kappa shape index (κ3) is 4.23. The molecule has 2 aromatic carbocycles. The second-order valence-electron chi connectivity index (χ2n) is 4.73. The van der Waals surface area contributed by atoms with Gasteiger partial charge in [0.25, 0.3) is 5.91 Å². The Kier molecular flexibility index (Phi) is 5.23. The van der Waals surface area contributed by atoms with Gasteiger partial charge in [-0.15, -0.1) is 0 Å². The zero-order valence-electron chi connectivity index (χ0n) is 12.1. The van der Waals surface area contributed by atoms with Gasteiger partial charge in [0.05, 0.1) is 10.7 Å².